The molecule has 0 aliphatic heterocycles. The van der Waals surface area contributed by atoms with Crippen molar-refractivity contribution in [2.75, 3.05) is 4.72 Å². The number of aryl methyl sites for hydroxylation is 2. The smallest absolute Gasteiger partial charge is 0.264 e. The molecule has 0 fully saturated rings. The fourth-order valence-corrected chi connectivity index (χ4v) is 2.74. The van der Waals surface area contributed by atoms with Gasteiger partial charge in [-0.2, -0.15) is 5.10 Å². The van der Waals surface area contributed by atoms with Gasteiger partial charge in [0, 0.05) is 6.07 Å². The van der Waals surface area contributed by atoms with Crippen molar-refractivity contribution in [1.29, 1.82) is 0 Å². The van der Waals surface area contributed by atoms with Crippen LogP contribution in [0.2, 0.25) is 0 Å². The van der Waals surface area contributed by atoms with Gasteiger partial charge in [-0.05, 0) is 25.5 Å². The molecule has 1 aromatic carbocycles. The van der Waals surface area contributed by atoms with E-state index in [0.717, 1.165) is 6.07 Å². The fraction of sp³-hybridized carbons (Fsp3) is 0.182. The molecule has 19 heavy (non-hydrogen) atoms. The van der Waals surface area contributed by atoms with E-state index in [1.54, 1.807) is 6.92 Å². The van der Waals surface area contributed by atoms with Crippen LogP contribution >= 0.6 is 0 Å². The number of benzene rings is 1. The Morgan fingerprint density at radius 2 is 1.89 bits per heavy atom. The van der Waals surface area contributed by atoms with Crippen molar-refractivity contribution in [1.82, 2.24) is 10.2 Å². The lowest BCUT2D eigenvalue weighted by molar-refractivity contribution is 0.547. The second-order valence-electron chi connectivity index (χ2n) is 4.05. The van der Waals surface area contributed by atoms with Crippen LogP contribution in [0.1, 0.15) is 11.3 Å². The van der Waals surface area contributed by atoms with Crippen LogP contribution in [0.4, 0.5) is 14.5 Å². The zero-order valence-electron chi connectivity index (χ0n) is 10.2. The minimum Gasteiger partial charge on any atom is -0.281 e. The summed E-state index contributed by atoms with van der Waals surface area (Å²) in [7, 11) is -4.13. The maximum atomic E-state index is 13.6. The van der Waals surface area contributed by atoms with E-state index in [1.165, 1.54) is 13.1 Å². The molecular formula is C11H11F2N3O2S. The minimum absolute atomic E-state index is 0.0469. The van der Waals surface area contributed by atoms with Gasteiger partial charge in [-0.15, -0.1) is 0 Å². The van der Waals surface area contributed by atoms with Crippen molar-refractivity contribution in [3.8, 4) is 0 Å². The zero-order chi connectivity index (χ0) is 14.2. The van der Waals surface area contributed by atoms with Gasteiger partial charge >= 0.3 is 0 Å². The maximum absolute atomic E-state index is 13.6. The highest BCUT2D eigenvalue weighted by atomic mass is 32.2. The molecule has 8 heteroatoms. The summed E-state index contributed by atoms with van der Waals surface area (Å²) in [5.74, 6) is -1.94. The van der Waals surface area contributed by atoms with Gasteiger partial charge in [0.25, 0.3) is 10.0 Å². The van der Waals surface area contributed by atoms with Crippen molar-refractivity contribution < 1.29 is 17.2 Å². The summed E-state index contributed by atoms with van der Waals surface area (Å²) in [6.45, 7) is 2.97. The molecule has 0 aliphatic carbocycles. The number of hydrogen-bond donors (Lipinski definition) is 2. The van der Waals surface area contributed by atoms with E-state index in [-0.39, 0.29) is 11.3 Å². The molecule has 102 valence electrons. The molecule has 0 bridgehead atoms. The van der Waals surface area contributed by atoms with Gasteiger partial charge in [0.2, 0.25) is 0 Å². The normalized spacial score (nSPS) is 11.6. The summed E-state index contributed by atoms with van der Waals surface area (Å²) in [5.41, 5.74) is 0.745. The lowest BCUT2D eigenvalue weighted by Crippen LogP contribution is -2.15. The van der Waals surface area contributed by atoms with Crippen LogP contribution in [0.3, 0.4) is 0 Å². The van der Waals surface area contributed by atoms with E-state index in [0.29, 0.717) is 11.8 Å². The van der Waals surface area contributed by atoms with E-state index in [1.807, 2.05) is 0 Å². The Bertz CT molecular complexity index is 726. The Kier molecular flexibility index (Phi) is 3.27. The highest BCUT2D eigenvalue weighted by Crippen LogP contribution is 2.22. The summed E-state index contributed by atoms with van der Waals surface area (Å²) >= 11 is 0. The van der Waals surface area contributed by atoms with Crippen molar-refractivity contribution in [3.05, 3.63) is 41.2 Å². The quantitative estimate of drug-likeness (QED) is 0.907. The van der Waals surface area contributed by atoms with Crippen LogP contribution in [-0.4, -0.2) is 18.6 Å². The Labute approximate surface area is 108 Å². The first-order valence-corrected chi connectivity index (χ1v) is 6.78. The standard InChI is InChI=1S/C11H11F2N3O2S/c1-6-3-11(9(13)4-8(6)12)19(17,18)16-10-5-14-15-7(10)2/h3-5,16H,1-2H3,(H,14,15). The van der Waals surface area contributed by atoms with E-state index in [9.17, 15) is 17.2 Å². The van der Waals surface area contributed by atoms with E-state index >= 15 is 0 Å². The van der Waals surface area contributed by atoms with Gasteiger partial charge in [0.15, 0.2) is 0 Å². The first-order valence-electron chi connectivity index (χ1n) is 5.29. The van der Waals surface area contributed by atoms with Gasteiger partial charge < -0.3 is 0 Å². The molecule has 1 aromatic heterocycles. The van der Waals surface area contributed by atoms with E-state index in [2.05, 4.69) is 14.9 Å². The summed E-state index contributed by atoms with van der Waals surface area (Å²) in [5, 5.41) is 6.20. The Morgan fingerprint density at radius 1 is 1.21 bits per heavy atom. The Hall–Kier alpha value is -1.96. The number of hydrogen-bond acceptors (Lipinski definition) is 3. The summed E-state index contributed by atoms with van der Waals surface area (Å²) in [4.78, 5) is -0.605. The topological polar surface area (TPSA) is 74.8 Å². The molecule has 0 saturated heterocycles. The first kappa shape index (κ1) is 13.5. The third-order valence-electron chi connectivity index (χ3n) is 2.58. The molecule has 0 atom stereocenters. The van der Waals surface area contributed by atoms with Crippen LogP contribution in [0.5, 0.6) is 0 Å². The van der Waals surface area contributed by atoms with Crippen molar-refractivity contribution in [2.24, 2.45) is 0 Å². The number of anilines is 1. The predicted octanol–water partition coefficient (Wildman–Crippen LogP) is 2.11. The molecule has 0 radical (unpaired) electrons. The molecule has 2 aromatic rings. The summed E-state index contributed by atoms with van der Waals surface area (Å²) < 4.78 is 52.9. The highest BCUT2D eigenvalue weighted by Gasteiger charge is 2.22. The number of H-pyrrole nitrogens is 1. The largest absolute Gasteiger partial charge is 0.281 e. The van der Waals surface area contributed by atoms with Crippen LogP contribution in [-0.2, 0) is 10.0 Å². The molecule has 2 rings (SSSR count). The molecule has 0 aliphatic rings. The lowest BCUT2D eigenvalue weighted by Gasteiger charge is -2.09. The van der Waals surface area contributed by atoms with Crippen LogP contribution in [0.25, 0.3) is 0 Å². The fourth-order valence-electron chi connectivity index (χ4n) is 1.49. The number of aromatic amines is 1. The molecular weight excluding hydrogens is 276 g/mol. The Balaban J connectivity index is 2.46. The third kappa shape index (κ3) is 2.58. The van der Waals surface area contributed by atoms with Gasteiger partial charge in [0.05, 0.1) is 17.6 Å². The van der Waals surface area contributed by atoms with Crippen molar-refractivity contribution in [2.45, 2.75) is 18.7 Å². The third-order valence-corrected chi connectivity index (χ3v) is 3.96. The summed E-state index contributed by atoms with van der Waals surface area (Å²) in [6, 6.07) is 1.49. The zero-order valence-corrected chi connectivity index (χ0v) is 11.0. The molecule has 5 nitrogen and oxygen atoms in total. The average Bonchev–Trinajstić information content (AvgIpc) is 2.69. The van der Waals surface area contributed by atoms with Gasteiger partial charge in [0.1, 0.15) is 16.5 Å². The number of nitrogens with zero attached hydrogens (tertiary/aromatic N) is 1. The SMILES string of the molecule is Cc1cc(S(=O)(=O)Nc2cn[nH]c2C)c(F)cc1F. The van der Waals surface area contributed by atoms with Crippen LogP contribution in [0.15, 0.2) is 23.2 Å². The Morgan fingerprint density at radius 3 is 2.47 bits per heavy atom. The minimum atomic E-state index is -4.13. The molecule has 2 N–H and O–H groups in total. The number of rotatable bonds is 3. The number of aromatic nitrogens is 2. The maximum Gasteiger partial charge on any atom is 0.264 e. The molecule has 0 saturated carbocycles. The van der Waals surface area contributed by atoms with Crippen molar-refractivity contribution in [3.63, 3.8) is 0 Å². The second-order valence-corrected chi connectivity index (χ2v) is 5.70. The highest BCUT2D eigenvalue weighted by molar-refractivity contribution is 7.92. The first-order chi connectivity index (χ1) is 8.81. The predicted molar refractivity (Wildman–Crippen MR) is 65.2 cm³/mol. The van der Waals surface area contributed by atoms with E-state index in [4.69, 9.17) is 0 Å². The van der Waals surface area contributed by atoms with Gasteiger partial charge in [-0.3, -0.25) is 9.82 Å². The second kappa shape index (κ2) is 4.61. The van der Waals surface area contributed by atoms with E-state index < -0.39 is 26.6 Å². The van der Waals surface area contributed by atoms with Crippen LogP contribution < -0.4 is 4.72 Å². The lowest BCUT2D eigenvalue weighted by atomic mass is 10.2. The van der Waals surface area contributed by atoms with Crippen LogP contribution in [0, 0.1) is 25.5 Å². The van der Waals surface area contributed by atoms with Crippen molar-refractivity contribution >= 4 is 15.7 Å². The molecule has 0 unspecified atom stereocenters. The molecule has 0 spiro atoms. The number of nitrogens with one attached hydrogen (secondary N) is 2. The average molecular weight is 287 g/mol. The molecule has 1 heterocycles. The number of sulfonamides is 1. The monoisotopic (exact) mass is 287 g/mol. The summed E-state index contributed by atoms with van der Waals surface area (Å²) in [6.07, 6.45) is 1.27. The van der Waals surface area contributed by atoms with Gasteiger partial charge in [-0.25, -0.2) is 17.2 Å². The van der Waals surface area contributed by atoms with Gasteiger partial charge in [-0.1, -0.05) is 0 Å². The number of halogens is 2. The molecule has 0 amide bonds.